The number of imide groups is 1. The first-order chi connectivity index (χ1) is 13.1. The first-order valence-corrected chi connectivity index (χ1v) is 8.62. The second-order valence-corrected chi connectivity index (χ2v) is 6.45. The Balaban J connectivity index is 1.48. The van der Waals surface area contributed by atoms with E-state index in [0.29, 0.717) is 30.9 Å². The molecule has 1 aromatic carbocycles. The minimum atomic E-state index is -1.17. The average molecular weight is 366 g/mol. The van der Waals surface area contributed by atoms with Gasteiger partial charge in [-0.1, -0.05) is 18.2 Å². The summed E-state index contributed by atoms with van der Waals surface area (Å²) in [4.78, 5) is 42.6. The number of urea groups is 1. The van der Waals surface area contributed by atoms with Gasteiger partial charge in [0.1, 0.15) is 12.3 Å². The molecule has 4 rings (SSSR count). The van der Waals surface area contributed by atoms with Gasteiger partial charge in [-0.3, -0.25) is 19.5 Å². The Morgan fingerprint density at radius 3 is 2.81 bits per heavy atom. The Bertz CT molecular complexity index is 902. The summed E-state index contributed by atoms with van der Waals surface area (Å²) in [6, 6.07) is 10.1. The van der Waals surface area contributed by atoms with Crippen molar-refractivity contribution in [1.82, 2.24) is 20.5 Å². The Morgan fingerprint density at radius 2 is 2.00 bits per heavy atom. The fourth-order valence-corrected chi connectivity index (χ4v) is 3.42. The fraction of sp³-hybridized carbons (Fsp3) is 0.263. The van der Waals surface area contributed by atoms with Gasteiger partial charge in [-0.2, -0.15) is 0 Å². The molecule has 0 aliphatic carbocycles. The number of carbonyl (C=O) groups excluding carboxylic acids is 3. The molecular formula is C19H18N4O4. The number of para-hydroxylation sites is 1. The molecule has 138 valence electrons. The molecule has 4 amide bonds. The van der Waals surface area contributed by atoms with Gasteiger partial charge in [0.2, 0.25) is 5.91 Å². The lowest BCUT2D eigenvalue weighted by Crippen LogP contribution is -2.48. The highest BCUT2D eigenvalue weighted by Gasteiger charge is 2.55. The second-order valence-electron chi connectivity index (χ2n) is 6.45. The number of rotatable bonds is 4. The maximum absolute atomic E-state index is 13.1. The third-order valence-corrected chi connectivity index (χ3v) is 4.80. The van der Waals surface area contributed by atoms with Gasteiger partial charge in [-0.25, -0.2) is 4.79 Å². The number of carbonyl (C=O) groups is 3. The number of ether oxygens (including phenoxy) is 1. The highest BCUT2D eigenvalue weighted by atomic mass is 16.5. The van der Waals surface area contributed by atoms with Crippen molar-refractivity contribution >= 4 is 17.8 Å². The summed E-state index contributed by atoms with van der Waals surface area (Å²) in [5.41, 5.74) is 0.330. The van der Waals surface area contributed by atoms with Crippen LogP contribution < -0.4 is 15.4 Å². The van der Waals surface area contributed by atoms with E-state index in [-0.39, 0.29) is 6.54 Å². The normalized spacial score (nSPS) is 20.8. The first kappa shape index (κ1) is 17.0. The summed E-state index contributed by atoms with van der Waals surface area (Å²) in [6.45, 7) is 0.276. The molecule has 0 radical (unpaired) electrons. The molecule has 0 unspecified atom stereocenters. The quantitative estimate of drug-likeness (QED) is 0.784. The molecule has 2 N–H and O–H groups in total. The van der Waals surface area contributed by atoms with E-state index in [9.17, 15) is 14.4 Å². The van der Waals surface area contributed by atoms with Gasteiger partial charge in [0.25, 0.3) is 5.91 Å². The third-order valence-electron chi connectivity index (χ3n) is 4.80. The van der Waals surface area contributed by atoms with Crippen molar-refractivity contribution in [3.05, 3.63) is 59.9 Å². The number of benzene rings is 1. The summed E-state index contributed by atoms with van der Waals surface area (Å²) in [6.07, 6.45) is 3.58. The van der Waals surface area contributed by atoms with Crippen LogP contribution in [0.4, 0.5) is 4.79 Å². The largest absolute Gasteiger partial charge is 0.493 e. The number of hydrogen-bond donors (Lipinski definition) is 2. The van der Waals surface area contributed by atoms with Crippen LogP contribution in [-0.4, -0.2) is 40.9 Å². The van der Waals surface area contributed by atoms with Gasteiger partial charge in [0, 0.05) is 30.9 Å². The van der Waals surface area contributed by atoms with Crippen LogP contribution in [-0.2, 0) is 21.7 Å². The van der Waals surface area contributed by atoms with Gasteiger partial charge in [-0.15, -0.1) is 0 Å². The lowest BCUT2D eigenvalue weighted by atomic mass is 9.84. The zero-order valence-corrected chi connectivity index (χ0v) is 14.5. The molecule has 2 aromatic rings. The summed E-state index contributed by atoms with van der Waals surface area (Å²) >= 11 is 0. The van der Waals surface area contributed by atoms with Crippen LogP contribution in [0.2, 0.25) is 0 Å². The molecule has 1 atom stereocenters. The van der Waals surface area contributed by atoms with Crippen molar-refractivity contribution in [3.8, 4) is 5.75 Å². The molecule has 3 heterocycles. The zero-order valence-electron chi connectivity index (χ0n) is 14.5. The molecule has 0 saturated carbocycles. The van der Waals surface area contributed by atoms with Crippen molar-refractivity contribution in [2.75, 3.05) is 13.2 Å². The summed E-state index contributed by atoms with van der Waals surface area (Å²) in [7, 11) is 0. The van der Waals surface area contributed by atoms with Gasteiger partial charge in [0.15, 0.2) is 5.54 Å². The number of nitrogens with zero attached hydrogens (tertiary/aromatic N) is 2. The molecule has 0 bridgehead atoms. The predicted octanol–water partition coefficient (Wildman–Crippen LogP) is 0.928. The van der Waals surface area contributed by atoms with E-state index in [0.717, 1.165) is 10.5 Å². The van der Waals surface area contributed by atoms with E-state index >= 15 is 0 Å². The molecule has 1 fully saturated rings. The lowest BCUT2D eigenvalue weighted by Gasteiger charge is -2.33. The van der Waals surface area contributed by atoms with Crippen LogP contribution in [0.5, 0.6) is 5.75 Å². The van der Waals surface area contributed by atoms with E-state index < -0.39 is 23.4 Å². The highest BCUT2D eigenvalue weighted by Crippen LogP contribution is 2.40. The van der Waals surface area contributed by atoms with E-state index in [1.54, 1.807) is 42.7 Å². The molecule has 8 heteroatoms. The van der Waals surface area contributed by atoms with E-state index in [1.807, 2.05) is 6.07 Å². The van der Waals surface area contributed by atoms with Crippen molar-refractivity contribution < 1.29 is 19.1 Å². The van der Waals surface area contributed by atoms with Crippen LogP contribution in [0.3, 0.4) is 0 Å². The Morgan fingerprint density at radius 1 is 1.22 bits per heavy atom. The van der Waals surface area contributed by atoms with Crippen LogP contribution in [0.1, 0.15) is 17.5 Å². The standard InChI is InChI=1S/C19H18N4O4/c24-16(21-11-13-5-8-20-9-6-13)12-23-17(25)19(22-18(23)26)7-10-27-15-4-2-1-3-14(15)19/h1-6,8-9H,7,10-12H2,(H,21,24)(H,22,26)/t19-/m1/s1. The van der Waals surface area contributed by atoms with Crippen LogP contribution >= 0.6 is 0 Å². The second kappa shape index (κ2) is 6.71. The van der Waals surface area contributed by atoms with Gasteiger partial charge < -0.3 is 15.4 Å². The highest BCUT2D eigenvalue weighted by molar-refractivity contribution is 6.09. The smallest absolute Gasteiger partial charge is 0.325 e. The summed E-state index contributed by atoms with van der Waals surface area (Å²) in [5, 5.41) is 5.49. The third kappa shape index (κ3) is 2.99. The summed E-state index contributed by atoms with van der Waals surface area (Å²) < 4.78 is 5.59. The fourth-order valence-electron chi connectivity index (χ4n) is 3.42. The van der Waals surface area contributed by atoms with Crippen LogP contribution in [0.15, 0.2) is 48.8 Å². The monoisotopic (exact) mass is 366 g/mol. The van der Waals surface area contributed by atoms with Crippen LogP contribution in [0, 0.1) is 0 Å². The van der Waals surface area contributed by atoms with Gasteiger partial charge >= 0.3 is 6.03 Å². The van der Waals surface area contributed by atoms with Gasteiger partial charge in [0.05, 0.1) is 6.61 Å². The molecule has 8 nitrogen and oxygen atoms in total. The number of amides is 4. The minimum Gasteiger partial charge on any atom is -0.493 e. The van der Waals surface area contributed by atoms with Crippen LogP contribution in [0.25, 0.3) is 0 Å². The molecule has 1 spiro atoms. The molecule has 1 aromatic heterocycles. The lowest BCUT2D eigenvalue weighted by molar-refractivity contribution is -0.136. The van der Waals surface area contributed by atoms with Gasteiger partial charge in [-0.05, 0) is 23.8 Å². The first-order valence-electron chi connectivity index (χ1n) is 8.62. The minimum absolute atomic E-state index is 0.298. The van der Waals surface area contributed by atoms with Crippen molar-refractivity contribution in [2.45, 2.75) is 18.5 Å². The topological polar surface area (TPSA) is 101 Å². The number of nitrogens with one attached hydrogen (secondary N) is 2. The summed E-state index contributed by atoms with van der Waals surface area (Å²) in [5.74, 6) is -0.267. The number of hydrogen-bond acceptors (Lipinski definition) is 5. The Hall–Kier alpha value is -3.42. The number of pyridine rings is 1. The Kier molecular flexibility index (Phi) is 4.23. The van der Waals surface area contributed by atoms with E-state index in [4.69, 9.17) is 4.74 Å². The SMILES string of the molecule is O=C(CN1C(=O)N[C@@]2(CCOc3ccccc32)C1=O)NCc1ccncc1. The number of fused-ring (bicyclic) bond motifs is 2. The molecule has 1 saturated heterocycles. The van der Waals surface area contributed by atoms with Crippen molar-refractivity contribution in [2.24, 2.45) is 0 Å². The molecular weight excluding hydrogens is 348 g/mol. The molecule has 2 aliphatic heterocycles. The molecule has 27 heavy (non-hydrogen) atoms. The van der Waals surface area contributed by atoms with Crippen molar-refractivity contribution in [1.29, 1.82) is 0 Å². The number of aromatic nitrogens is 1. The zero-order chi connectivity index (χ0) is 18.9. The predicted molar refractivity (Wildman–Crippen MR) is 94.6 cm³/mol. The van der Waals surface area contributed by atoms with Crippen molar-refractivity contribution in [3.63, 3.8) is 0 Å². The maximum Gasteiger partial charge on any atom is 0.325 e. The maximum atomic E-state index is 13.1. The van der Waals surface area contributed by atoms with E-state index in [2.05, 4.69) is 15.6 Å². The van der Waals surface area contributed by atoms with E-state index in [1.165, 1.54) is 0 Å². The molecule has 2 aliphatic rings. The average Bonchev–Trinajstić information content (AvgIpc) is 2.92. The Labute approximate surface area is 155 Å².